The van der Waals surface area contributed by atoms with Gasteiger partial charge in [0.05, 0.1) is 23.8 Å². The van der Waals surface area contributed by atoms with Crippen molar-refractivity contribution in [3.8, 4) is 11.3 Å². The molecule has 14 heteroatoms. The zero-order valence-electron chi connectivity index (χ0n) is 20.6. The van der Waals surface area contributed by atoms with Gasteiger partial charge in [0, 0.05) is 28.3 Å². The number of benzene rings is 2. The number of alkyl halides is 4. The highest BCUT2D eigenvalue weighted by Gasteiger charge is 2.38. The van der Waals surface area contributed by atoms with Crippen molar-refractivity contribution >= 4 is 34.7 Å². The van der Waals surface area contributed by atoms with Crippen LogP contribution in [0, 0.1) is 12.7 Å². The fourth-order valence-corrected chi connectivity index (χ4v) is 4.80. The van der Waals surface area contributed by atoms with Crippen LogP contribution >= 0.6 is 11.6 Å². The van der Waals surface area contributed by atoms with Gasteiger partial charge in [0.15, 0.2) is 5.82 Å². The first-order valence-electron chi connectivity index (χ1n) is 11.8. The average molecular weight is 579 g/mol. The van der Waals surface area contributed by atoms with Crippen molar-refractivity contribution in [2.24, 2.45) is 0 Å². The van der Waals surface area contributed by atoms with Crippen LogP contribution in [0.3, 0.4) is 0 Å². The number of halogens is 6. The summed E-state index contributed by atoms with van der Waals surface area (Å²) in [6, 6.07) is 7.71. The van der Waals surface area contributed by atoms with Gasteiger partial charge >= 0.3 is 6.18 Å². The maximum atomic E-state index is 15.1. The second-order valence-corrected chi connectivity index (χ2v) is 9.74. The number of amides is 2. The van der Waals surface area contributed by atoms with Crippen LogP contribution in [0.1, 0.15) is 31.8 Å². The standard InChI is InChI=1S/C26H20ClF5N6O2/c1-12-6-18(28)16(21-8-17(26(30,31)32)22-23(33)34-11-35-38(21)22)7-15(12)24(39)36-20-10-37(9-19(20)29)25(40)13-2-4-14(27)5-3-13/h2-8,11,19-20H,9-10H2,1H3,(H,36,39)(H2,33,34,35)/t19-,20+/m0/s1. The number of hydrogen-bond acceptors (Lipinski definition) is 5. The molecule has 5 rings (SSSR count). The predicted molar refractivity (Wildman–Crippen MR) is 136 cm³/mol. The van der Waals surface area contributed by atoms with Gasteiger partial charge in [-0.15, -0.1) is 0 Å². The van der Waals surface area contributed by atoms with Crippen LogP contribution in [-0.4, -0.2) is 56.6 Å². The van der Waals surface area contributed by atoms with Gasteiger partial charge in [-0.1, -0.05) is 11.6 Å². The molecule has 40 heavy (non-hydrogen) atoms. The number of nitrogen functional groups attached to an aromatic ring is 1. The van der Waals surface area contributed by atoms with Gasteiger partial charge in [-0.3, -0.25) is 9.59 Å². The lowest BCUT2D eigenvalue weighted by Gasteiger charge is -2.18. The Labute approximate surface area is 228 Å². The van der Waals surface area contributed by atoms with Crippen LogP contribution in [0.15, 0.2) is 48.8 Å². The van der Waals surface area contributed by atoms with Crippen LogP contribution in [0.4, 0.5) is 27.8 Å². The van der Waals surface area contributed by atoms with E-state index in [1.54, 1.807) is 0 Å². The Kier molecular flexibility index (Phi) is 6.86. The lowest BCUT2D eigenvalue weighted by molar-refractivity contribution is -0.136. The molecule has 0 unspecified atom stereocenters. The quantitative estimate of drug-likeness (QED) is 0.342. The minimum atomic E-state index is -4.85. The van der Waals surface area contributed by atoms with Crippen molar-refractivity contribution in [3.05, 3.63) is 81.9 Å². The molecule has 8 nitrogen and oxygen atoms in total. The number of nitrogens with two attached hydrogens (primary N) is 1. The summed E-state index contributed by atoms with van der Waals surface area (Å²) in [4.78, 5) is 30.8. The van der Waals surface area contributed by atoms with Gasteiger partial charge in [0.2, 0.25) is 0 Å². The highest BCUT2D eigenvalue weighted by Crippen LogP contribution is 2.39. The van der Waals surface area contributed by atoms with Crippen molar-refractivity contribution in [3.63, 3.8) is 0 Å². The van der Waals surface area contributed by atoms with Crippen molar-refractivity contribution in [1.29, 1.82) is 0 Å². The van der Waals surface area contributed by atoms with Gasteiger partial charge < -0.3 is 16.0 Å². The fourth-order valence-electron chi connectivity index (χ4n) is 4.68. The summed E-state index contributed by atoms with van der Waals surface area (Å²) in [7, 11) is 0. The number of carbonyl (C=O) groups is 2. The number of fused-ring (bicyclic) bond motifs is 1. The monoisotopic (exact) mass is 578 g/mol. The Balaban J connectivity index is 1.44. The smallest absolute Gasteiger partial charge is 0.382 e. The maximum absolute atomic E-state index is 15.1. The van der Waals surface area contributed by atoms with Gasteiger partial charge in [0.1, 0.15) is 23.8 Å². The average Bonchev–Trinajstić information content (AvgIpc) is 3.46. The molecule has 0 aliphatic carbocycles. The zero-order chi connectivity index (χ0) is 28.9. The number of nitrogens with one attached hydrogen (secondary N) is 1. The molecule has 3 heterocycles. The van der Waals surface area contributed by atoms with Crippen molar-refractivity contribution < 1.29 is 31.5 Å². The van der Waals surface area contributed by atoms with Gasteiger partial charge in [-0.05, 0) is 55.0 Å². The van der Waals surface area contributed by atoms with E-state index in [-0.39, 0.29) is 35.5 Å². The molecular weight excluding hydrogens is 559 g/mol. The van der Waals surface area contributed by atoms with Crippen LogP contribution < -0.4 is 11.1 Å². The van der Waals surface area contributed by atoms with E-state index in [1.807, 2.05) is 0 Å². The molecular formula is C26H20ClF5N6O2. The number of hydrogen-bond donors (Lipinski definition) is 2. The first-order valence-corrected chi connectivity index (χ1v) is 12.2. The Hall–Kier alpha value is -4.26. The molecule has 0 saturated carbocycles. The summed E-state index contributed by atoms with van der Waals surface area (Å²) in [5.41, 5.74) is 3.61. The lowest BCUT2D eigenvalue weighted by atomic mass is 10.0. The van der Waals surface area contributed by atoms with Crippen molar-refractivity contribution in [2.45, 2.75) is 25.3 Å². The van der Waals surface area contributed by atoms with E-state index in [2.05, 4.69) is 15.4 Å². The van der Waals surface area contributed by atoms with E-state index in [9.17, 15) is 27.2 Å². The molecule has 1 fully saturated rings. The molecule has 208 valence electrons. The van der Waals surface area contributed by atoms with Crippen LogP contribution in [-0.2, 0) is 6.18 Å². The molecule has 1 saturated heterocycles. The molecule has 2 aromatic carbocycles. The number of rotatable bonds is 4. The summed E-state index contributed by atoms with van der Waals surface area (Å²) in [5, 5.41) is 6.75. The van der Waals surface area contributed by atoms with Gasteiger partial charge in [-0.25, -0.2) is 18.3 Å². The Morgan fingerprint density at radius 3 is 2.50 bits per heavy atom. The number of carbonyl (C=O) groups excluding carboxylic acids is 2. The Morgan fingerprint density at radius 2 is 1.82 bits per heavy atom. The highest BCUT2D eigenvalue weighted by molar-refractivity contribution is 6.30. The van der Waals surface area contributed by atoms with Gasteiger partial charge in [0.25, 0.3) is 11.8 Å². The molecule has 3 N–H and O–H groups in total. The summed E-state index contributed by atoms with van der Waals surface area (Å²) in [6.07, 6.45) is -5.52. The maximum Gasteiger partial charge on any atom is 0.418 e. The largest absolute Gasteiger partial charge is 0.418 e. The van der Waals surface area contributed by atoms with E-state index in [4.69, 9.17) is 17.3 Å². The van der Waals surface area contributed by atoms with Crippen molar-refractivity contribution in [1.82, 2.24) is 24.8 Å². The summed E-state index contributed by atoms with van der Waals surface area (Å²) in [6.45, 7) is 1.03. The topological polar surface area (TPSA) is 106 Å². The first kappa shape index (κ1) is 27.3. The van der Waals surface area contributed by atoms with E-state index in [0.29, 0.717) is 16.7 Å². The third-order valence-corrected chi connectivity index (χ3v) is 6.92. The minimum absolute atomic E-state index is 0.100. The highest BCUT2D eigenvalue weighted by atomic mass is 35.5. The molecule has 2 aromatic heterocycles. The lowest BCUT2D eigenvalue weighted by Crippen LogP contribution is -2.42. The number of nitrogens with zero attached hydrogens (tertiary/aromatic N) is 4. The molecule has 1 aliphatic heterocycles. The SMILES string of the molecule is Cc1cc(F)c(-c2cc(C(F)(F)F)c3c(N)ncnn23)cc1C(=O)N[C@@H]1CN(C(=O)c2ccc(Cl)cc2)C[C@@H]1F. The fraction of sp³-hybridized carbons (Fsp3) is 0.231. The van der Waals surface area contributed by atoms with Crippen molar-refractivity contribution in [2.75, 3.05) is 18.8 Å². The van der Waals surface area contributed by atoms with E-state index in [0.717, 1.165) is 23.0 Å². The van der Waals surface area contributed by atoms with E-state index < -0.39 is 52.9 Å². The minimum Gasteiger partial charge on any atom is -0.382 e. The molecule has 2 amide bonds. The summed E-state index contributed by atoms with van der Waals surface area (Å²) in [5.74, 6) is -2.62. The molecule has 1 aliphatic rings. The van der Waals surface area contributed by atoms with Gasteiger partial charge in [-0.2, -0.15) is 18.3 Å². The third-order valence-electron chi connectivity index (χ3n) is 6.67. The summed E-state index contributed by atoms with van der Waals surface area (Å²) < 4.78 is 71.9. The number of aryl methyl sites for hydroxylation is 1. The molecule has 4 aromatic rings. The normalized spacial score (nSPS) is 17.4. The summed E-state index contributed by atoms with van der Waals surface area (Å²) >= 11 is 5.85. The van der Waals surface area contributed by atoms with Crippen LogP contribution in [0.2, 0.25) is 5.02 Å². The Bertz CT molecular complexity index is 1640. The molecule has 0 radical (unpaired) electrons. The Morgan fingerprint density at radius 1 is 1.12 bits per heavy atom. The second-order valence-electron chi connectivity index (χ2n) is 9.31. The predicted octanol–water partition coefficient (Wildman–Crippen LogP) is 4.69. The number of likely N-dealkylation sites (tertiary alicyclic amines) is 1. The zero-order valence-corrected chi connectivity index (χ0v) is 21.4. The third kappa shape index (κ3) is 4.92. The van der Waals surface area contributed by atoms with Crippen LogP contribution in [0.25, 0.3) is 16.8 Å². The molecule has 2 atom stereocenters. The van der Waals surface area contributed by atoms with Crippen LogP contribution in [0.5, 0.6) is 0 Å². The van der Waals surface area contributed by atoms with E-state index in [1.165, 1.54) is 36.1 Å². The molecule has 0 spiro atoms. The number of aromatic nitrogens is 3. The van der Waals surface area contributed by atoms with E-state index >= 15 is 4.39 Å². The molecule has 0 bridgehead atoms. The number of anilines is 1. The second kappa shape index (κ2) is 10.0. The first-order chi connectivity index (χ1) is 18.8.